The van der Waals surface area contributed by atoms with Crippen LogP contribution in [-0.4, -0.2) is 29.0 Å². The Hall–Kier alpha value is -2.11. The summed E-state index contributed by atoms with van der Waals surface area (Å²) in [5.41, 5.74) is 5.51. The predicted octanol–water partition coefficient (Wildman–Crippen LogP) is 0.961. The summed E-state index contributed by atoms with van der Waals surface area (Å²) in [6, 6.07) is 3.56. The standard InChI is InChI=1S/C12H16N4O2/c1-16(9-4-2-7-14-8-9)11(17)12(5-3-6-12)10(13)15-18/h2,4,7-8,18H,3,5-6H2,1H3,(H2,13,15). The number of amidine groups is 1. The van der Waals surface area contributed by atoms with Gasteiger partial charge in [-0.3, -0.25) is 9.78 Å². The van der Waals surface area contributed by atoms with Gasteiger partial charge in [-0.25, -0.2) is 0 Å². The summed E-state index contributed by atoms with van der Waals surface area (Å²) in [7, 11) is 1.67. The van der Waals surface area contributed by atoms with Crippen LogP contribution in [0.4, 0.5) is 5.69 Å². The zero-order valence-electron chi connectivity index (χ0n) is 10.2. The first-order chi connectivity index (χ1) is 8.62. The molecule has 0 aromatic carbocycles. The maximum atomic E-state index is 12.5. The van der Waals surface area contributed by atoms with Gasteiger partial charge in [0.1, 0.15) is 5.41 Å². The molecule has 0 radical (unpaired) electrons. The lowest BCUT2D eigenvalue weighted by Gasteiger charge is -2.41. The van der Waals surface area contributed by atoms with Crippen LogP contribution in [0.5, 0.6) is 0 Å². The highest BCUT2D eigenvalue weighted by Gasteiger charge is 2.49. The maximum Gasteiger partial charge on any atom is 0.240 e. The van der Waals surface area contributed by atoms with Crippen LogP contribution in [-0.2, 0) is 4.79 Å². The van der Waals surface area contributed by atoms with Gasteiger partial charge in [-0.05, 0) is 25.0 Å². The molecule has 0 bridgehead atoms. The summed E-state index contributed by atoms with van der Waals surface area (Å²) < 4.78 is 0. The third kappa shape index (κ3) is 1.79. The Labute approximate surface area is 105 Å². The van der Waals surface area contributed by atoms with Crippen molar-refractivity contribution in [3.05, 3.63) is 24.5 Å². The van der Waals surface area contributed by atoms with Gasteiger partial charge < -0.3 is 15.8 Å². The third-order valence-corrected chi connectivity index (χ3v) is 3.55. The van der Waals surface area contributed by atoms with Crippen molar-refractivity contribution >= 4 is 17.4 Å². The number of oxime groups is 1. The first kappa shape index (κ1) is 12.3. The number of nitrogens with zero attached hydrogens (tertiary/aromatic N) is 3. The van der Waals surface area contributed by atoms with Crippen molar-refractivity contribution in [2.45, 2.75) is 19.3 Å². The summed E-state index contributed by atoms with van der Waals surface area (Å²) in [4.78, 5) is 18.0. The molecule has 2 rings (SSSR count). The van der Waals surface area contributed by atoms with Crippen molar-refractivity contribution < 1.29 is 10.0 Å². The molecule has 0 aliphatic heterocycles. The van der Waals surface area contributed by atoms with Gasteiger partial charge in [0.2, 0.25) is 5.91 Å². The third-order valence-electron chi connectivity index (χ3n) is 3.55. The highest BCUT2D eigenvalue weighted by atomic mass is 16.4. The summed E-state index contributed by atoms with van der Waals surface area (Å²) in [6.45, 7) is 0. The van der Waals surface area contributed by atoms with Crippen molar-refractivity contribution in [3.63, 3.8) is 0 Å². The first-order valence-electron chi connectivity index (χ1n) is 5.78. The quantitative estimate of drug-likeness (QED) is 0.361. The van der Waals surface area contributed by atoms with Gasteiger partial charge in [-0.2, -0.15) is 0 Å². The molecular weight excluding hydrogens is 232 g/mol. The minimum Gasteiger partial charge on any atom is -0.409 e. The second-order valence-electron chi connectivity index (χ2n) is 4.50. The molecule has 1 aliphatic carbocycles. The molecule has 1 heterocycles. The van der Waals surface area contributed by atoms with E-state index in [9.17, 15) is 4.79 Å². The SMILES string of the molecule is CN(C(=O)C1(/C(N)=N/O)CCC1)c1cccnc1. The van der Waals surface area contributed by atoms with E-state index in [4.69, 9.17) is 10.9 Å². The average Bonchev–Trinajstić information content (AvgIpc) is 2.37. The van der Waals surface area contributed by atoms with Crippen LogP contribution in [0, 0.1) is 5.41 Å². The van der Waals surface area contributed by atoms with Crippen molar-refractivity contribution in [2.75, 3.05) is 11.9 Å². The van der Waals surface area contributed by atoms with E-state index in [2.05, 4.69) is 10.1 Å². The number of carbonyl (C=O) groups excluding carboxylic acids is 1. The lowest BCUT2D eigenvalue weighted by molar-refractivity contribution is -0.128. The molecule has 1 aromatic heterocycles. The minimum atomic E-state index is -0.848. The van der Waals surface area contributed by atoms with Gasteiger partial charge in [0.15, 0.2) is 5.84 Å². The number of nitrogens with two attached hydrogens (primary N) is 1. The Morgan fingerprint density at radius 2 is 2.33 bits per heavy atom. The van der Waals surface area contributed by atoms with Gasteiger partial charge >= 0.3 is 0 Å². The number of hydrogen-bond acceptors (Lipinski definition) is 4. The van der Waals surface area contributed by atoms with Gasteiger partial charge in [0.25, 0.3) is 0 Å². The molecule has 6 heteroatoms. The Bertz CT molecular complexity index is 468. The van der Waals surface area contributed by atoms with Crippen molar-refractivity contribution in [3.8, 4) is 0 Å². The van der Waals surface area contributed by atoms with Crippen LogP contribution in [0.3, 0.4) is 0 Å². The smallest absolute Gasteiger partial charge is 0.240 e. The number of aromatic nitrogens is 1. The predicted molar refractivity (Wildman–Crippen MR) is 67.3 cm³/mol. The molecule has 0 unspecified atom stereocenters. The Balaban J connectivity index is 2.26. The topological polar surface area (TPSA) is 91.8 Å². The summed E-state index contributed by atoms with van der Waals surface area (Å²) in [5, 5.41) is 11.8. The molecule has 1 amide bonds. The molecule has 0 spiro atoms. The van der Waals surface area contributed by atoms with Crippen LogP contribution in [0.1, 0.15) is 19.3 Å². The fraction of sp³-hybridized carbons (Fsp3) is 0.417. The molecular formula is C12H16N4O2. The monoisotopic (exact) mass is 248 g/mol. The van der Waals surface area contributed by atoms with E-state index in [1.54, 1.807) is 31.6 Å². The molecule has 1 aromatic rings. The second-order valence-corrected chi connectivity index (χ2v) is 4.50. The van der Waals surface area contributed by atoms with Crippen LogP contribution >= 0.6 is 0 Å². The highest BCUT2D eigenvalue weighted by Crippen LogP contribution is 2.43. The molecule has 1 fully saturated rings. The summed E-state index contributed by atoms with van der Waals surface area (Å²) >= 11 is 0. The van der Waals surface area contributed by atoms with Crippen molar-refractivity contribution in [1.82, 2.24) is 4.98 Å². The van der Waals surface area contributed by atoms with Gasteiger partial charge in [0.05, 0.1) is 11.9 Å². The van der Waals surface area contributed by atoms with E-state index in [0.29, 0.717) is 18.5 Å². The molecule has 1 saturated carbocycles. The van der Waals surface area contributed by atoms with Gasteiger partial charge in [-0.1, -0.05) is 11.6 Å². The lowest BCUT2D eigenvalue weighted by atomic mass is 9.67. The fourth-order valence-corrected chi connectivity index (χ4v) is 2.20. The number of pyridine rings is 1. The second kappa shape index (κ2) is 4.64. The van der Waals surface area contributed by atoms with E-state index in [0.717, 1.165) is 6.42 Å². The zero-order valence-corrected chi connectivity index (χ0v) is 10.2. The van der Waals surface area contributed by atoms with E-state index in [1.165, 1.54) is 4.90 Å². The maximum absolute atomic E-state index is 12.5. The highest BCUT2D eigenvalue weighted by molar-refractivity contribution is 6.13. The normalized spacial score (nSPS) is 17.9. The summed E-state index contributed by atoms with van der Waals surface area (Å²) in [5.74, 6) is -0.161. The Morgan fingerprint density at radius 1 is 1.61 bits per heavy atom. The molecule has 18 heavy (non-hydrogen) atoms. The van der Waals surface area contributed by atoms with E-state index < -0.39 is 5.41 Å². The largest absolute Gasteiger partial charge is 0.409 e. The zero-order chi connectivity index (χ0) is 13.2. The fourth-order valence-electron chi connectivity index (χ4n) is 2.20. The van der Waals surface area contributed by atoms with Crippen molar-refractivity contribution in [1.29, 1.82) is 0 Å². The number of anilines is 1. The van der Waals surface area contributed by atoms with Crippen LogP contribution in [0.2, 0.25) is 0 Å². The molecule has 0 saturated heterocycles. The molecule has 6 nitrogen and oxygen atoms in total. The van der Waals surface area contributed by atoms with Crippen LogP contribution in [0.15, 0.2) is 29.7 Å². The van der Waals surface area contributed by atoms with Crippen molar-refractivity contribution in [2.24, 2.45) is 16.3 Å². The van der Waals surface area contributed by atoms with E-state index in [-0.39, 0.29) is 11.7 Å². The first-order valence-corrected chi connectivity index (χ1v) is 5.78. The van der Waals surface area contributed by atoms with Gasteiger partial charge in [-0.15, -0.1) is 0 Å². The average molecular weight is 248 g/mol. The molecule has 0 atom stereocenters. The van der Waals surface area contributed by atoms with E-state index >= 15 is 0 Å². The molecule has 1 aliphatic rings. The number of rotatable bonds is 3. The molecule has 3 N–H and O–H groups in total. The Morgan fingerprint density at radius 3 is 2.78 bits per heavy atom. The summed E-state index contributed by atoms with van der Waals surface area (Å²) in [6.07, 6.45) is 5.39. The minimum absolute atomic E-state index is 0.00510. The molecule has 96 valence electrons. The number of amides is 1. The van der Waals surface area contributed by atoms with Gasteiger partial charge in [0, 0.05) is 13.2 Å². The Kier molecular flexibility index (Phi) is 3.18. The van der Waals surface area contributed by atoms with Crippen LogP contribution in [0.25, 0.3) is 0 Å². The van der Waals surface area contributed by atoms with Crippen LogP contribution < -0.4 is 10.6 Å². The lowest BCUT2D eigenvalue weighted by Crippen LogP contribution is -2.54. The number of hydrogen-bond donors (Lipinski definition) is 2. The van der Waals surface area contributed by atoms with E-state index in [1.807, 2.05) is 0 Å². The number of carbonyl (C=O) groups is 1.